The lowest BCUT2D eigenvalue weighted by Gasteiger charge is -2.64. The highest BCUT2D eigenvalue weighted by Gasteiger charge is 2.60. The number of hydrogen-bond donors (Lipinski definition) is 1. The minimum atomic E-state index is -0.0396. The van der Waals surface area contributed by atoms with Gasteiger partial charge in [0.2, 0.25) is 5.91 Å². The van der Waals surface area contributed by atoms with Crippen molar-refractivity contribution in [2.24, 2.45) is 11.3 Å². The van der Waals surface area contributed by atoms with Gasteiger partial charge in [-0.05, 0) is 12.8 Å². The predicted molar refractivity (Wildman–Crippen MR) is 93.1 cm³/mol. The van der Waals surface area contributed by atoms with Crippen LogP contribution in [0.2, 0.25) is 5.02 Å². The molecule has 132 valence electrons. The predicted octanol–water partition coefficient (Wildman–Crippen LogP) is 2.28. The number of aromatic nitrogens is 2. The van der Waals surface area contributed by atoms with Crippen molar-refractivity contribution in [3.05, 3.63) is 17.5 Å². The summed E-state index contributed by atoms with van der Waals surface area (Å²) < 4.78 is 4.99. The zero-order valence-corrected chi connectivity index (χ0v) is 15.2. The molecule has 1 aliphatic carbocycles. The van der Waals surface area contributed by atoms with Crippen molar-refractivity contribution < 1.29 is 9.53 Å². The van der Waals surface area contributed by atoms with Crippen LogP contribution in [0.15, 0.2) is 12.5 Å². The lowest BCUT2D eigenvalue weighted by Crippen LogP contribution is -2.75. The van der Waals surface area contributed by atoms with E-state index in [1.54, 1.807) is 19.6 Å². The van der Waals surface area contributed by atoms with E-state index in [1.165, 1.54) is 0 Å². The number of nitrogens with zero attached hydrogens (tertiary/aromatic N) is 3. The van der Waals surface area contributed by atoms with E-state index in [0.717, 1.165) is 25.2 Å². The average molecular weight is 353 g/mol. The van der Waals surface area contributed by atoms with Gasteiger partial charge in [0.15, 0.2) is 5.82 Å². The Bertz CT molecular complexity index is 610. The number of halogens is 1. The summed E-state index contributed by atoms with van der Waals surface area (Å²) in [5.41, 5.74) is -0.0396. The van der Waals surface area contributed by atoms with E-state index in [9.17, 15) is 4.79 Å². The smallest absolute Gasteiger partial charge is 0.222 e. The molecule has 1 amide bonds. The average Bonchev–Trinajstić information content (AvgIpc) is 2.57. The Morgan fingerprint density at radius 2 is 2.33 bits per heavy atom. The van der Waals surface area contributed by atoms with E-state index in [4.69, 9.17) is 16.3 Å². The highest BCUT2D eigenvalue weighted by atomic mass is 35.5. The number of hydrogen-bond acceptors (Lipinski definition) is 5. The van der Waals surface area contributed by atoms with Gasteiger partial charge in [0, 0.05) is 43.5 Å². The minimum Gasteiger partial charge on any atom is -0.384 e. The molecule has 1 N–H and O–H groups in total. The van der Waals surface area contributed by atoms with Crippen molar-refractivity contribution in [3.63, 3.8) is 0 Å². The highest BCUT2D eigenvalue weighted by molar-refractivity contribution is 6.32. The SMILES string of the molecule is COCCC(=O)NC1C2CCCN(c3ncncc3Cl)C2C1(C)C. The van der Waals surface area contributed by atoms with Gasteiger partial charge in [-0.15, -0.1) is 0 Å². The van der Waals surface area contributed by atoms with Crippen LogP contribution in [-0.2, 0) is 9.53 Å². The molecule has 0 bridgehead atoms. The maximum Gasteiger partial charge on any atom is 0.222 e. The second kappa shape index (κ2) is 6.84. The number of amides is 1. The highest BCUT2D eigenvalue weighted by Crippen LogP contribution is 2.53. The van der Waals surface area contributed by atoms with E-state index >= 15 is 0 Å². The Balaban J connectivity index is 1.76. The molecule has 24 heavy (non-hydrogen) atoms. The van der Waals surface area contributed by atoms with Crippen molar-refractivity contribution in [1.82, 2.24) is 15.3 Å². The van der Waals surface area contributed by atoms with Gasteiger partial charge in [-0.25, -0.2) is 9.97 Å². The molecule has 1 aromatic rings. The Kier molecular flexibility index (Phi) is 4.97. The fraction of sp³-hybridized carbons (Fsp3) is 0.706. The summed E-state index contributed by atoms with van der Waals surface area (Å²) >= 11 is 6.32. The van der Waals surface area contributed by atoms with Crippen molar-refractivity contribution >= 4 is 23.3 Å². The van der Waals surface area contributed by atoms with E-state index in [1.807, 2.05) is 0 Å². The first kappa shape index (κ1) is 17.4. The number of piperidine rings is 1. The van der Waals surface area contributed by atoms with Crippen LogP contribution in [0.25, 0.3) is 0 Å². The molecule has 2 aliphatic rings. The van der Waals surface area contributed by atoms with Gasteiger partial charge in [-0.2, -0.15) is 0 Å². The molecule has 0 spiro atoms. The number of methoxy groups -OCH3 is 1. The number of rotatable bonds is 5. The molecule has 2 heterocycles. The number of nitrogens with one attached hydrogen (secondary N) is 1. The number of carbonyl (C=O) groups is 1. The standard InChI is InChI=1S/C17H25ClN4O2/c1-17(2)14(21-13(23)6-8-24-3)11-5-4-7-22(15(11)17)16-12(18)9-19-10-20-16/h9-11,14-15H,4-8H2,1-3H3,(H,21,23). The first-order chi connectivity index (χ1) is 11.5. The third-order valence-electron chi connectivity index (χ3n) is 5.44. The molecule has 0 radical (unpaired) electrons. The maximum absolute atomic E-state index is 12.1. The van der Waals surface area contributed by atoms with Crippen LogP contribution in [0.4, 0.5) is 5.82 Å². The zero-order chi connectivity index (χ0) is 17.3. The molecule has 6 nitrogen and oxygen atoms in total. The first-order valence-corrected chi connectivity index (χ1v) is 8.85. The first-order valence-electron chi connectivity index (χ1n) is 8.47. The van der Waals surface area contributed by atoms with Crippen molar-refractivity contribution in [1.29, 1.82) is 0 Å². The Morgan fingerprint density at radius 3 is 3.04 bits per heavy atom. The summed E-state index contributed by atoms with van der Waals surface area (Å²) in [7, 11) is 1.61. The van der Waals surface area contributed by atoms with Gasteiger partial charge in [0.25, 0.3) is 0 Å². The number of fused-ring (bicyclic) bond motifs is 1. The molecule has 1 aliphatic heterocycles. The van der Waals surface area contributed by atoms with Crippen molar-refractivity contribution in [2.75, 3.05) is 25.2 Å². The summed E-state index contributed by atoms with van der Waals surface area (Å²) in [6.45, 7) is 5.81. The van der Waals surface area contributed by atoms with Gasteiger partial charge in [-0.1, -0.05) is 25.4 Å². The topological polar surface area (TPSA) is 67.3 Å². The van der Waals surface area contributed by atoms with Gasteiger partial charge in [-0.3, -0.25) is 4.79 Å². The summed E-state index contributed by atoms with van der Waals surface area (Å²) in [5.74, 6) is 1.29. The van der Waals surface area contributed by atoms with E-state index in [-0.39, 0.29) is 17.4 Å². The Morgan fingerprint density at radius 1 is 1.54 bits per heavy atom. The van der Waals surface area contributed by atoms with Gasteiger partial charge < -0.3 is 15.0 Å². The molecule has 0 aromatic carbocycles. The number of anilines is 1. The molecule has 3 unspecified atom stereocenters. The number of carbonyl (C=O) groups excluding carboxylic acids is 1. The lowest BCUT2D eigenvalue weighted by atomic mass is 9.52. The summed E-state index contributed by atoms with van der Waals surface area (Å²) in [6, 6.07) is 0.502. The monoisotopic (exact) mass is 352 g/mol. The lowest BCUT2D eigenvalue weighted by molar-refractivity contribution is -0.128. The van der Waals surface area contributed by atoms with E-state index in [2.05, 4.69) is 34.0 Å². The van der Waals surface area contributed by atoms with Gasteiger partial charge in [0.1, 0.15) is 11.3 Å². The normalized spacial score (nSPS) is 28.0. The summed E-state index contributed by atoms with van der Waals surface area (Å²) in [5, 5.41) is 3.80. The van der Waals surface area contributed by atoms with Crippen LogP contribution >= 0.6 is 11.6 Å². The van der Waals surface area contributed by atoms with Crippen molar-refractivity contribution in [2.45, 2.75) is 45.2 Å². The van der Waals surface area contributed by atoms with Crippen molar-refractivity contribution in [3.8, 4) is 0 Å². The molecule has 1 saturated heterocycles. The van der Waals surface area contributed by atoms with Crippen LogP contribution in [0.5, 0.6) is 0 Å². The van der Waals surface area contributed by atoms with Gasteiger partial charge in [0.05, 0.1) is 12.8 Å². The van der Waals surface area contributed by atoms with Gasteiger partial charge >= 0.3 is 0 Å². The van der Waals surface area contributed by atoms with Crippen LogP contribution in [0.3, 0.4) is 0 Å². The third kappa shape index (κ3) is 2.97. The molecule has 1 saturated carbocycles. The molecule has 3 rings (SSSR count). The second-order valence-electron chi connectivity index (χ2n) is 7.25. The van der Waals surface area contributed by atoms with E-state index < -0.39 is 0 Å². The van der Waals surface area contributed by atoms with Crippen LogP contribution in [0.1, 0.15) is 33.1 Å². The largest absolute Gasteiger partial charge is 0.384 e. The van der Waals surface area contributed by atoms with Crippen LogP contribution in [0, 0.1) is 11.3 Å². The Labute approximate surface area is 147 Å². The summed E-state index contributed by atoms with van der Waals surface area (Å²) in [6.07, 6.45) is 5.77. The van der Waals surface area contributed by atoms with Crippen LogP contribution < -0.4 is 10.2 Å². The Hall–Kier alpha value is -1.40. The second-order valence-corrected chi connectivity index (χ2v) is 7.66. The van der Waals surface area contributed by atoms with E-state index in [0.29, 0.717) is 30.0 Å². The fourth-order valence-corrected chi connectivity index (χ4v) is 4.65. The quantitative estimate of drug-likeness (QED) is 0.880. The molecule has 3 atom stereocenters. The fourth-order valence-electron chi connectivity index (χ4n) is 4.43. The zero-order valence-electron chi connectivity index (χ0n) is 14.5. The number of ether oxygens (including phenoxy) is 1. The maximum atomic E-state index is 12.1. The molecule has 7 heteroatoms. The minimum absolute atomic E-state index is 0.0396. The summed E-state index contributed by atoms with van der Waals surface area (Å²) in [4.78, 5) is 22.8. The molecular formula is C17H25ClN4O2. The molecule has 2 fully saturated rings. The third-order valence-corrected chi connectivity index (χ3v) is 5.71. The molecular weight excluding hydrogens is 328 g/mol. The van der Waals surface area contributed by atoms with Crippen LogP contribution in [-0.4, -0.2) is 48.2 Å². The molecule has 1 aromatic heterocycles.